The van der Waals surface area contributed by atoms with Crippen LogP contribution in [0.25, 0.3) is 16.8 Å². The molecule has 1 saturated heterocycles. The molecular formula is C23H19N6NaO2S. The molecule has 1 fully saturated rings. The number of amidine groups is 1. The molecule has 1 N–H and O–H groups in total. The molecule has 0 bridgehead atoms. The summed E-state index contributed by atoms with van der Waals surface area (Å²) in [7, 11) is 1.65. The average Bonchev–Trinajstić information content (AvgIpc) is 3.44. The molecule has 0 aliphatic carbocycles. The Morgan fingerprint density at radius 3 is 2.55 bits per heavy atom. The number of methoxy groups -OCH3 is 1. The van der Waals surface area contributed by atoms with Gasteiger partial charge in [0.25, 0.3) is 5.91 Å². The van der Waals surface area contributed by atoms with Gasteiger partial charge in [0.05, 0.1) is 17.7 Å². The standard InChI is InChI=1S/C23H18N6O2S.Na.H/c1-31-19-9-6-16-10-15(2-5-17(16)13-19)11-20-22(30)25-23(32-20)24-18-7-3-14(4-8-18)12-21-26-28-29-27-21;;/h2-11,13,21H,12H2,1H3,(H,24,25,30);;/q;+1;-1/b20-11-;;. The fraction of sp³-hybridized carbons (Fsp3) is 0.130. The summed E-state index contributed by atoms with van der Waals surface area (Å²) in [5, 5.41) is 20.4. The van der Waals surface area contributed by atoms with Crippen LogP contribution in [-0.4, -0.2) is 24.4 Å². The first-order valence-corrected chi connectivity index (χ1v) is 10.7. The fourth-order valence-corrected chi connectivity index (χ4v) is 4.24. The predicted octanol–water partition coefficient (Wildman–Crippen LogP) is 2.56. The number of nitrogens with one attached hydrogen (secondary N) is 1. The van der Waals surface area contributed by atoms with Gasteiger partial charge in [-0.25, -0.2) is 4.99 Å². The third-order valence-corrected chi connectivity index (χ3v) is 5.93. The normalized spacial score (nSPS) is 17.7. The smallest absolute Gasteiger partial charge is 1.00 e. The third-order valence-electron chi connectivity index (χ3n) is 5.02. The fourth-order valence-electron chi connectivity index (χ4n) is 3.40. The molecule has 33 heavy (non-hydrogen) atoms. The zero-order valence-corrected chi connectivity index (χ0v) is 20.9. The second kappa shape index (κ2) is 10.4. The van der Waals surface area contributed by atoms with E-state index in [0.29, 0.717) is 16.5 Å². The number of rotatable bonds is 5. The van der Waals surface area contributed by atoms with Crippen LogP contribution in [0.2, 0.25) is 0 Å². The molecule has 5 rings (SSSR count). The molecule has 3 aromatic rings. The molecule has 0 saturated carbocycles. The Labute approximate surface area is 218 Å². The zero-order valence-electron chi connectivity index (χ0n) is 19.1. The second-order valence-corrected chi connectivity index (χ2v) is 8.25. The van der Waals surface area contributed by atoms with E-state index in [-0.39, 0.29) is 43.1 Å². The first kappa shape index (κ1) is 23.3. The minimum Gasteiger partial charge on any atom is -1.00 e. The van der Waals surface area contributed by atoms with E-state index in [9.17, 15) is 4.79 Å². The van der Waals surface area contributed by atoms with Crippen LogP contribution in [0.3, 0.4) is 0 Å². The van der Waals surface area contributed by atoms with Gasteiger partial charge in [0.2, 0.25) is 0 Å². The number of fused-ring (bicyclic) bond motifs is 1. The van der Waals surface area contributed by atoms with E-state index < -0.39 is 0 Å². The summed E-state index contributed by atoms with van der Waals surface area (Å²) in [6.07, 6.45) is 2.27. The van der Waals surface area contributed by atoms with Crippen molar-refractivity contribution in [3.05, 3.63) is 76.7 Å². The van der Waals surface area contributed by atoms with Crippen LogP contribution < -0.4 is 39.6 Å². The summed E-state index contributed by atoms with van der Waals surface area (Å²) < 4.78 is 5.27. The van der Waals surface area contributed by atoms with Gasteiger partial charge in [-0.2, -0.15) is 0 Å². The second-order valence-electron chi connectivity index (χ2n) is 7.22. The molecule has 0 radical (unpaired) electrons. The minimum atomic E-state index is -0.248. The van der Waals surface area contributed by atoms with E-state index >= 15 is 0 Å². The number of hydrogen-bond acceptors (Lipinski definition) is 8. The van der Waals surface area contributed by atoms with Gasteiger partial charge in [0.1, 0.15) is 5.75 Å². The van der Waals surface area contributed by atoms with E-state index in [1.165, 1.54) is 11.8 Å². The Kier molecular flexibility index (Phi) is 7.34. The van der Waals surface area contributed by atoms with Crippen LogP contribution in [0, 0.1) is 0 Å². The molecule has 0 atom stereocenters. The molecule has 160 valence electrons. The Morgan fingerprint density at radius 2 is 1.79 bits per heavy atom. The molecule has 10 heteroatoms. The van der Waals surface area contributed by atoms with Gasteiger partial charge in [-0.15, -0.1) is 10.2 Å². The van der Waals surface area contributed by atoms with Crippen LogP contribution in [0.4, 0.5) is 5.69 Å². The van der Waals surface area contributed by atoms with Crippen LogP contribution in [-0.2, 0) is 11.2 Å². The topological polar surface area (TPSA) is 100 Å². The monoisotopic (exact) mass is 466 g/mol. The molecule has 2 heterocycles. The Balaban J connectivity index is 0.00000162. The summed E-state index contributed by atoms with van der Waals surface area (Å²) in [6, 6.07) is 19.7. The summed E-state index contributed by atoms with van der Waals surface area (Å²) in [5.74, 6) is 0.662. The summed E-state index contributed by atoms with van der Waals surface area (Å²) in [6.45, 7) is 0. The molecule has 2 aliphatic heterocycles. The first-order valence-electron chi connectivity index (χ1n) is 9.92. The number of benzene rings is 3. The van der Waals surface area contributed by atoms with Gasteiger partial charge < -0.3 is 11.5 Å². The van der Waals surface area contributed by atoms with Crippen LogP contribution in [0.1, 0.15) is 12.6 Å². The molecule has 0 aromatic heterocycles. The molecule has 8 nitrogen and oxygen atoms in total. The van der Waals surface area contributed by atoms with Gasteiger partial charge in [-0.05, 0) is 80.5 Å². The van der Waals surface area contributed by atoms with Crippen molar-refractivity contribution in [2.75, 3.05) is 7.11 Å². The average molecular weight is 467 g/mol. The SMILES string of the molecule is COc1ccc2cc(/C=C3\SC(=Nc4ccc(CC5N=NN=N5)cc4)NC3=O)ccc2c1.[H-].[Na+]. The van der Waals surface area contributed by atoms with Crippen molar-refractivity contribution in [2.45, 2.75) is 12.6 Å². The quantitative estimate of drug-likeness (QED) is 0.462. The third kappa shape index (κ3) is 5.56. The van der Waals surface area contributed by atoms with Gasteiger partial charge >= 0.3 is 29.6 Å². The van der Waals surface area contributed by atoms with Gasteiger partial charge in [0, 0.05) is 6.42 Å². The van der Waals surface area contributed by atoms with Crippen LogP contribution in [0.15, 0.2) is 91.2 Å². The van der Waals surface area contributed by atoms with E-state index in [1.54, 1.807) is 7.11 Å². The van der Waals surface area contributed by atoms with E-state index in [4.69, 9.17) is 4.74 Å². The molecule has 1 amide bonds. The van der Waals surface area contributed by atoms with Crippen molar-refractivity contribution < 1.29 is 40.5 Å². The Bertz CT molecular complexity index is 1310. The van der Waals surface area contributed by atoms with Crippen molar-refractivity contribution in [3.8, 4) is 5.75 Å². The van der Waals surface area contributed by atoms with Crippen molar-refractivity contribution in [2.24, 2.45) is 25.7 Å². The summed E-state index contributed by atoms with van der Waals surface area (Å²) in [5.41, 5.74) is 2.77. The van der Waals surface area contributed by atoms with Crippen molar-refractivity contribution >= 4 is 45.4 Å². The maximum atomic E-state index is 12.4. The van der Waals surface area contributed by atoms with Crippen LogP contribution in [0.5, 0.6) is 5.75 Å². The zero-order chi connectivity index (χ0) is 21.9. The molecule has 0 spiro atoms. The molecule has 2 aliphatic rings. The maximum Gasteiger partial charge on any atom is 1.00 e. The number of amides is 1. The first-order chi connectivity index (χ1) is 15.7. The van der Waals surface area contributed by atoms with Gasteiger partial charge in [-0.3, -0.25) is 4.79 Å². The summed E-state index contributed by atoms with van der Waals surface area (Å²) in [4.78, 5) is 17.6. The number of hydrogen-bond donors (Lipinski definition) is 1. The van der Waals surface area contributed by atoms with Crippen molar-refractivity contribution in [1.82, 2.24) is 5.32 Å². The molecular weight excluding hydrogens is 447 g/mol. The number of thioether (sulfide) groups is 1. The Hall–Kier alpha value is -2.85. The van der Waals surface area contributed by atoms with Gasteiger partial charge in [-0.1, -0.05) is 30.3 Å². The van der Waals surface area contributed by atoms with Crippen LogP contribution >= 0.6 is 11.8 Å². The molecule has 0 unspecified atom stereocenters. The van der Waals surface area contributed by atoms with Crippen molar-refractivity contribution in [1.29, 1.82) is 0 Å². The maximum absolute atomic E-state index is 12.4. The number of carbonyl (C=O) groups is 1. The largest absolute Gasteiger partial charge is 1.00 e. The number of ether oxygens (including phenoxy) is 1. The number of nitrogens with zero attached hydrogens (tertiary/aromatic N) is 5. The Morgan fingerprint density at radius 1 is 1.06 bits per heavy atom. The molecule has 3 aromatic carbocycles. The van der Waals surface area contributed by atoms with E-state index in [2.05, 4.69) is 31.0 Å². The number of aliphatic imine (C=N–C) groups is 1. The minimum absolute atomic E-state index is 0. The summed E-state index contributed by atoms with van der Waals surface area (Å²) >= 11 is 1.33. The number of carbonyl (C=O) groups excluding carboxylic acids is 1. The van der Waals surface area contributed by atoms with Gasteiger partial charge in [0.15, 0.2) is 11.3 Å². The van der Waals surface area contributed by atoms with E-state index in [0.717, 1.165) is 33.3 Å². The predicted molar refractivity (Wildman–Crippen MR) is 126 cm³/mol. The van der Waals surface area contributed by atoms with Crippen molar-refractivity contribution in [3.63, 3.8) is 0 Å². The van der Waals surface area contributed by atoms with E-state index in [1.807, 2.05) is 66.7 Å².